The number of nitrogens with zero attached hydrogens (tertiary/aromatic N) is 1. The molecule has 1 fully saturated rings. The summed E-state index contributed by atoms with van der Waals surface area (Å²) >= 11 is 3.61. The van der Waals surface area contributed by atoms with Crippen molar-refractivity contribution in [2.75, 3.05) is 13.1 Å². The van der Waals surface area contributed by atoms with Crippen LogP contribution in [-0.2, 0) is 0 Å². The summed E-state index contributed by atoms with van der Waals surface area (Å²) in [5.41, 5.74) is 0.570. The SMILES string of the molecule is CC(Br)C1CCN(C(=O)c2cccc(O)c2)CC1. The highest BCUT2D eigenvalue weighted by Gasteiger charge is 2.25. The van der Waals surface area contributed by atoms with Crippen LogP contribution in [0.3, 0.4) is 0 Å². The van der Waals surface area contributed by atoms with E-state index in [2.05, 4.69) is 22.9 Å². The van der Waals surface area contributed by atoms with Crippen LogP contribution in [0.1, 0.15) is 30.1 Å². The van der Waals surface area contributed by atoms with E-state index in [0.29, 0.717) is 16.3 Å². The largest absolute Gasteiger partial charge is 0.508 e. The Kier molecular flexibility index (Phi) is 4.27. The number of amides is 1. The van der Waals surface area contributed by atoms with E-state index in [-0.39, 0.29) is 11.7 Å². The Bertz CT molecular complexity index is 426. The van der Waals surface area contributed by atoms with E-state index in [1.54, 1.807) is 18.2 Å². The summed E-state index contributed by atoms with van der Waals surface area (Å²) in [6.07, 6.45) is 2.08. The lowest BCUT2D eigenvalue weighted by Gasteiger charge is -2.33. The third-order valence-corrected chi connectivity index (χ3v) is 4.32. The third kappa shape index (κ3) is 3.05. The van der Waals surface area contributed by atoms with E-state index in [9.17, 15) is 9.90 Å². The van der Waals surface area contributed by atoms with Gasteiger partial charge in [-0.25, -0.2) is 0 Å². The molecule has 18 heavy (non-hydrogen) atoms. The molecule has 1 aromatic carbocycles. The van der Waals surface area contributed by atoms with E-state index < -0.39 is 0 Å². The van der Waals surface area contributed by atoms with Crippen LogP contribution in [0.2, 0.25) is 0 Å². The molecular weight excluding hydrogens is 294 g/mol. The summed E-state index contributed by atoms with van der Waals surface area (Å²) in [4.78, 5) is 14.6. The fourth-order valence-electron chi connectivity index (χ4n) is 2.38. The average Bonchev–Trinajstić information content (AvgIpc) is 2.38. The highest BCUT2D eigenvalue weighted by molar-refractivity contribution is 9.09. The molecular formula is C14H18BrNO2. The number of carbonyl (C=O) groups excluding carboxylic acids is 1. The number of rotatable bonds is 2. The second kappa shape index (κ2) is 5.74. The van der Waals surface area contributed by atoms with Crippen LogP contribution < -0.4 is 0 Å². The summed E-state index contributed by atoms with van der Waals surface area (Å²) < 4.78 is 0. The van der Waals surface area contributed by atoms with Crippen molar-refractivity contribution in [1.82, 2.24) is 4.90 Å². The monoisotopic (exact) mass is 311 g/mol. The Labute approximate surface area is 116 Å². The number of halogens is 1. The minimum Gasteiger partial charge on any atom is -0.508 e. The first kappa shape index (κ1) is 13.4. The molecule has 1 aromatic rings. The standard InChI is InChI=1S/C14H18BrNO2/c1-10(15)11-5-7-16(8-6-11)14(18)12-3-2-4-13(17)9-12/h2-4,9-11,17H,5-8H2,1H3. The molecule has 1 unspecified atom stereocenters. The smallest absolute Gasteiger partial charge is 0.253 e. The summed E-state index contributed by atoms with van der Waals surface area (Å²) in [6, 6.07) is 6.56. The van der Waals surface area contributed by atoms with Crippen LogP contribution in [0.15, 0.2) is 24.3 Å². The van der Waals surface area contributed by atoms with Crippen molar-refractivity contribution in [2.24, 2.45) is 5.92 Å². The fourth-order valence-corrected chi connectivity index (χ4v) is 2.91. The average molecular weight is 312 g/mol. The van der Waals surface area contributed by atoms with Gasteiger partial charge in [0.2, 0.25) is 0 Å². The number of phenols is 1. The van der Waals surface area contributed by atoms with Gasteiger partial charge in [0, 0.05) is 23.5 Å². The van der Waals surface area contributed by atoms with Crippen molar-refractivity contribution in [1.29, 1.82) is 0 Å². The van der Waals surface area contributed by atoms with Gasteiger partial charge in [-0.2, -0.15) is 0 Å². The Morgan fingerprint density at radius 3 is 2.67 bits per heavy atom. The molecule has 98 valence electrons. The number of alkyl halides is 1. The first-order chi connectivity index (χ1) is 8.58. The predicted octanol–water partition coefficient (Wildman–Crippen LogP) is 3.03. The van der Waals surface area contributed by atoms with Gasteiger partial charge in [0.15, 0.2) is 0 Å². The van der Waals surface area contributed by atoms with Gasteiger partial charge in [0.25, 0.3) is 5.91 Å². The van der Waals surface area contributed by atoms with Crippen LogP contribution in [0.5, 0.6) is 5.75 Å². The summed E-state index contributed by atoms with van der Waals surface area (Å²) in [6.45, 7) is 3.77. The van der Waals surface area contributed by atoms with Crippen molar-refractivity contribution in [3.05, 3.63) is 29.8 Å². The highest BCUT2D eigenvalue weighted by Crippen LogP contribution is 2.26. The molecule has 0 bridgehead atoms. The number of hydrogen-bond acceptors (Lipinski definition) is 2. The van der Waals surface area contributed by atoms with Crippen molar-refractivity contribution in [2.45, 2.75) is 24.6 Å². The molecule has 0 saturated carbocycles. The van der Waals surface area contributed by atoms with Gasteiger partial charge >= 0.3 is 0 Å². The molecule has 1 saturated heterocycles. The summed E-state index contributed by atoms with van der Waals surface area (Å²) in [5.74, 6) is 0.814. The van der Waals surface area contributed by atoms with Gasteiger partial charge in [-0.3, -0.25) is 4.79 Å². The molecule has 1 heterocycles. The topological polar surface area (TPSA) is 40.5 Å². The van der Waals surface area contributed by atoms with Crippen molar-refractivity contribution < 1.29 is 9.90 Å². The lowest BCUT2D eigenvalue weighted by atomic mass is 9.94. The zero-order chi connectivity index (χ0) is 13.1. The number of hydrogen-bond donors (Lipinski definition) is 1. The van der Waals surface area contributed by atoms with Crippen LogP contribution in [0.25, 0.3) is 0 Å². The number of phenolic OH excluding ortho intramolecular Hbond substituents is 1. The number of piperidine rings is 1. The number of aromatic hydroxyl groups is 1. The van der Waals surface area contributed by atoms with E-state index in [1.165, 1.54) is 6.07 Å². The summed E-state index contributed by atoms with van der Waals surface area (Å²) in [7, 11) is 0. The molecule has 1 N–H and O–H groups in total. The first-order valence-corrected chi connectivity index (χ1v) is 7.22. The Morgan fingerprint density at radius 1 is 1.44 bits per heavy atom. The molecule has 0 aromatic heterocycles. The first-order valence-electron chi connectivity index (χ1n) is 6.30. The summed E-state index contributed by atoms with van der Waals surface area (Å²) in [5, 5.41) is 9.40. The van der Waals surface area contributed by atoms with E-state index in [4.69, 9.17) is 0 Å². The minimum absolute atomic E-state index is 0.0200. The molecule has 4 heteroatoms. The van der Waals surface area contributed by atoms with Gasteiger partial charge in [-0.1, -0.05) is 28.9 Å². The van der Waals surface area contributed by atoms with Crippen LogP contribution in [-0.4, -0.2) is 33.8 Å². The Morgan fingerprint density at radius 2 is 2.11 bits per heavy atom. The molecule has 3 nitrogen and oxygen atoms in total. The maximum absolute atomic E-state index is 12.2. The lowest BCUT2D eigenvalue weighted by molar-refractivity contribution is 0.0691. The lowest BCUT2D eigenvalue weighted by Crippen LogP contribution is -2.39. The molecule has 0 spiro atoms. The van der Waals surface area contributed by atoms with Crippen molar-refractivity contribution in [3.63, 3.8) is 0 Å². The van der Waals surface area contributed by atoms with Gasteiger partial charge < -0.3 is 10.0 Å². The normalized spacial score (nSPS) is 18.7. The Balaban J connectivity index is 1.99. The molecule has 2 rings (SSSR count). The quantitative estimate of drug-likeness (QED) is 0.853. The Hall–Kier alpha value is -1.03. The van der Waals surface area contributed by atoms with E-state index in [1.807, 2.05) is 4.90 Å². The molecule has 1 aliphatic rings. The maximum atomic E-state index is 12.2. The number of likely N-dealkylation sites (tertiary alicyclic amines) is 1. The van der Waals surface area contributed by atoms with Gasteiger partial charge in [0.05, 0.1) is 0 Å². The molecule has 1 aliphatic heterocycles. The molecule has 1 atom stereocenters. The molecule has 0 radical (unpaired) electrons. The zero-order valence-electron chi connectivity index (χ0n) is 10.5. The van der Waals surface area contributed by atoms with Crippen molar-refractivity contribution >= 4 is 21.8 Å². The van der Waals surface area contributed by atoms with E-state index >= 15 is 0 Å². The van der Waals surface area contributed by atoms with E-state index in [0.717, 1.165) is 25.9 Å². The van der Waals surface area contributed by atoms with Crippen molar-refractivity contribution in [3.8, 4) is 5.75 Å². The third-order valence-electron chi connectivity index (χ3n) is 3.57. The minimum atomic E-state index is 0.0200. The second-order valence-corrected chi connectivity index (χ2v) is 6.30. The van der Waals surface area contributed by atoms with Crippen LogP contribution >= 0.6 is 15.9 Å². The van der Waals surface area contributed by atoms with Crippen LogP contribution in [0.4, 0.5) is 0 Å². The number of carbonyl (C=O) groups is 1. The highest BCUT2D eigenvalue weighted by atomic mass is 79.9. The molecule has 0 aliphatic carbocycles. The maximum Gasteiger partial charge on any atom is 0.253 e. The van der Waals surface area contributed by atoms with Gasteiger partial charge in [-0.05, 0) is 37.0 Å². The number of benzene rings is 1. The second-order valence-electron chi connectivity index (χ2n) is 4.86. The zero-order valence-corrected chi connectivity index (χ0v) is 12.1. The van der Waals surface area contributed by atoms with Gasteiger partial charge in [-0.15, -0.1) is 0 Å². The molecule has 1 amide bonds. The predicted molar refractivity (Wildman–Crippen MR) is 75.1 cm³/mol. The van der Waals surface area contributed by atoms with Gasteiger partial charge in [0.1, 0.15) is 5.75 Å². The van der Waals surface area contributed by atoms with Crippen LogP contribution in [0, 0.1) is 5.92 Å². The fraction of sp³-hybridized carbons (Fsp3) is 0.500.